The van der Waals surface area contributed by atoms with E-state index in [2.05, 4.69) is 20.7 Å². The number of phenolic OH excluding ortho intramolecular Hbond substituents is 1. The zero-order chi connectivity index (χ0) is 25.7. The van der Waals surface area contributed by atoms with Gasteiger partial charge in [0.05, 0.1) is 42.1 Å². The molecule has 2 aromatic carbocycles. The van der Waals surface area contributed by atoms with E-state index in [0.29, 0.717) is 65.0 Å². The molecule has 36 heavy (non-hydrogen) atoms. The monoisotopic (exact) mass is 509 g/mol. The highest BCUT2D eigenvalue weighted by molar-refractivity contribution is 6.32. The largest absolute Gasteiger partial charge is 0.504 e. The van der Waals surface area contributed by atoms with Crippen LogP contribution in [0.4, 0.5) is 5.69 Å². The summed E-state index contributed by atoms with van der Waals surface area (Å²) in [5.41, 5.74) is 3.32. The third-order valence-electron chi connectivity index (χ3n) is 5.88. The number of aromatic hydroxyl groups is 1. The van der Waals surface area contributed by atoms with Gasteiger partial charge in [-0.05, 0) is 42.7 Å². The number of nitrogens with zero attached hydrogens (tertiary/aromatic N) is 3. The molecular formula is C26H28ClN5O4. The SMILES string of the molecule is CCn1ncc2c(NCc3ccc(OC)c(Cl)c3)c(C(=O)NCCc3cccc(OC)c3O)cnc21. The number of fused-ring (bicyclic) bond motifs is 1. The van der Waals surface area contributed by atoms with Crippen LogP contribution in [-0.4, -0.2) is 46.5 Å². The predicted octanol–water partition coefficient (Wildman–Crippen LogP) is 4.41. The van der Waals surface area contributed by atoms with Gasteiger partial charge in [0, 0.05) is 25.8 Å². The maximum absolute atomic E-state index is 13.2. The molecule has 0 saturated carbocycles. The summed E-state index contributed by atoms with van der Waals surface area (Å²) in [7, 11) is 3.07. The second-order valence-electron chi connectivity index (χ2n) is 8.04. The maximum atomic E-state index is 13.2. The van der Waals surface area contributed by atoms with Gasteiger partial charge in [0.15, 0.2) is 17.1 Å². The van der Waals surface area contributed by atoms with Crippen LogP contribution >= 0.6 is 11.6 Å². The maximum Gasteiger partial charge on any atom is 0.254 e. The van der Waals surface area contributed by atoms with Gasteiger partial charge >= 0.3 is 0 Å². The fourth-order valence-electron chi connectivity index (χ4n) is 3.97. The van der Waals surface area contributed by atoms with Crippen molar-refractivity contribution in [2.24, 2.45) is 0 Å². The molecule has 9 nitrogen and oxygen atoms in total. The summed E-state index contributed by atoms with van der Waals surface area (Å²) in [6, 6.07) is 10.8. The van der Waals surface area contributed by atoms with Crippen LogP contribution in [0.25, 0.3) is 11.0 Å². The number of aromatic nitrogens is 3. The molecule has 0 saturated heterocycles. The molecule has 0 fully saturated rings. The number of methoxy groups -OCH3 is 2. The van der Waals surface area contributed by atoms with Crippen molar-refractivity contribution >= 4 is 34.2 Å². The number of carbonyl (C=O) groups excluding carboxylic acids is 1. The number of aryl methyl sites for hydroxylation is 1. The van der Waals surface area contributed by atoms with Gasteiger partial charge in [0.25, 0.3) is 5.91 Å². The van der Waals surface area contributed by atoms with Crippen molar-refractivity contribution in [1.82, 2.24) is 20.1 Å². The summed E-state index contributed by atoms with van der Waals surface area (Å²) in [5.74, 6) is 0.778. The zero-order valence-corrected chi connectivity index (χ0v) is 21.1. The van der Waals surface area contributed by atoms with Crippen molar-refractivity contribution in [3.8, 4) is 17.2 Å². The van der Waals surface area contributed by atoms with Gasteiger partial charge in [0.2, 0.25) is 0 Å². The van der Waals surface area contributed by atoms with Crippen LogP contribution in [0, 0.1) is 0 Å². The van der Waals surface area contributed by atoms with E-state index in [9.17, 15) is 9.90 Å². The number of nitrogens with one attached hydrogen (secondary N) is 2. The van der Waals surface area contributed by atoms with Crippen LogP contribution in [0.3, 0.4) is 0 Å². The smallest absolute Gasteiger partial charge is 0.254 e. The molecule has 0 aliphatic carbocycles. The topological polar surface area (TPSA) is 111 Å². The number of hydrogen-bond acceptors (Lipinski definition) is 7. The quantitative estimate of drug-likeness (QED) is 0.290. The molecule has 0 spiro atoms. The van der Waals surface area contributed by atoms with Crippen LogP contribution in [0.5, 0.6) is 17.2 Å². The highest BCUT2D eigenvalue weighted by Crippen LogP contribution is 2.30. The van der Waals surface area contributed by atoms with Gasteiger partial charge < -0.3 is 25.2 Å². The van der Waals surface area contributed by atoms with Crippen molar-refractivity contribution in [2.45, 2.75) is 26.4 Å². The first kappa shape index (κ1) is 25.1. The summed E-state index contributed by atoms with van der Waals surface area (Å²) in [5, 5.41) is 22.3. The lowest BCUT2D eigenvalue weighted by atomic mass is 10.1. The minimum atomic E-state index is -0.286. The van der Waals surface area contributed by atoms with E-state index < -0.39 is 0 Å². The number of para-hydroxylation sites is 1. The fraction of sp³-hybridized carbons (Fsp3) is 0.269. The summed E-state index contributed by atoms with van der Waals surface area (Å²) in [4.78, 5) is 17.7. The molecule has 0 aliphatic heterocycles. The summed E-state index contributed by atoms with van der Waals surface area (Å²) < 4.78 is 12.2. The summed E-state index contributed by atoms with van der Waals surface area (Å²) >= 11 is 6.28. The van der Waals surface area contributed by atoms with Gasteiger partial charge in [-0.25, -0.2) is 9.67 Å². The lowest BCUT2D eigenvalue weighted by Crippen LogP contribution is -2.27. The second kappa shape index (κ2) is 11.2. The molecule has 10 heteroatoms. The highest BCUT2D eigenvalue weighted by Gasteiger charge is 2.18. The number of amides is 1. The molecule has 0 atom stereocenters. The molecule has 0 aliphatic rings. The van der Waals surface area contributed by atoms with Gasteiger partial charge in [-0.2, -0.15) is 5.10 Å². The van der Waals surface area contributed by atoms with Crippen LogP contribution < -0.4 is 20.1 Å². The highest BCUT2D eigenvalue weighted by atomic mass is 35.5. The van der Waals surface area contributed by atoms with Crippen molar-refractivity contribution in [1.29, 1.82) is 0 Å². The molecular weight excluding hydrogens is 482 g/mol. The Morgan fingerprint density at radius 1 is 1.14 bits per heavy atom. The average molecular weight is 510 g/mol. The Kier molecular flexibility index (Phi) is 7.80. The number of pyridine rings is 1. The van der Waals surface area contributed by atoms with Crippen molar-refractivity contribution in [3.63, 3.8) is 0 Å². The lowest BCUT2D eigenvalue weighted by Gasteiger charge is -2.14. The summed E-state index contributed by atoms with van der Waals surface area (Å²) in [6.07, 6.45) is 3.70. The van der Waals surface area contributed by atoms with Crippen LogP contribution in [0.1, 0.15) is 28.4 Å². The second-order valence-corrected chi connectivity index (χ2v) is 8.45. The number of phenols is 1. The van der Waals surface area contributed by atoms with Gasteiger partial charge in [-0.3, -0.25) is 4.79 Å². The number of halogens is 1. The normalized spacial score (nSPS) is 10.9. The summed E-state index contributed by atoms with van der Waals surface area (Å²) in [6.45, 7) is 3.38. The van der Waals surface area contributed by atoms with Crippen molar-refractivity contribution in [3.05, 3.63) is 70.5 Å². The first-order valence-electron chi connectivity index (χ1n) is 11.5. The van der Waals surface area contributed by atoms with Crippen LogP contribution in [0.15, 0.2) is 48.8 Å². The van der Waals surface area contributed by atoms with Crippen LogP contribution in [-0.2, 0) is 19.5 Å². The van der Waals surface area contributed by atoms with Crippen molar-refractivity contribution < 1.29 is 19.4 Å². The van der Waals surface area contributed by atoms with Crippen LogP contribution in [0.2, 0.25) is 5.02 Å². The van der Waals surface area contributed by atoms with Gasteiger partial charge in [0.1, 0.15) is 5.75 Å². The minimum absolute atomic E-state index is 0.0739. The molecule has 1 amide bonds. The number of benzene rings is 2. The zero-order valence-electron chi connectivity index (χ0n) is 20.3. The Morgan fingerprint density at radius 2 is 1.94 bits per heavy atom. The Balaban J connectivity index is 1.56. The van der Waals surface area contributed by atoms with E-state index in [-0.39, 0.29) is 11.7 Å². The number of hydrogen-bond donors (Lipinski definition) is 3. The Bertz CT molecular complexity index is 1390. The number of carbonyl (C=O) groups is 1. The lowest BCUT2D eigenvalue weighted by molar-refractivity contribution is 0.0954. The first-order valence-corrected chi connectivity index (χ1v) is 11.9. The number of anilines is 1. The van der Waals surface area contributed by atoms with E-state index in [0.717, 1.165) is 10.9 Å². The molecule has 188 valence electrons. The number of ether oxygens (including phenoxy) is 2. The molecule has 0 radical (unpaired) electrons. The van der Waals surface area contributed by atoms with E-state index in [1.807, 2.05) is 19.1 Å². The predicted molar refractivity (Wildman–Crippen MR) is 139 cm³/mol. The molecule has 2 heterocycles. The molecule has 4 aromatic rings. The van der Waals surface area contributed by atoms with E-state index >= 15 is 0 Å². The van der Waals surface area contributed by atoms with Gasteiger partial charge in [-0.1, -0.05) is 29.8 Å². The third-order valence-corrected chi connectivity index (χ3v) is 6.17. The van der Waals surface area contributed by atoms with Crippen molar-refractivity contribution in [2.75, 3.05) is 26.1 Å². The Labute approximate surface area is 214 Å². The molecule has 3 N–H and O–H groups in total. The first-order chi connectivity index (χ1) is 17.5. The molecule has 4 rings (SSSR count). The molecule has 0 unspecified atom stereocenters. The molecule has 0 bridgehead atoms. The molecule has 2 aromatic heterocycles. The third kappa shape index (κ3) is 5.16. The fourth-order valence-corrected chi connectivity index (χ4v) is 4.25. The average Bonchev–Trinajstić information content (AvgIpc) is 3.31. The Morgan fingerprint density at radius 3 is 2.67 bits per heavy atom. The standard InChI is InChI=1S/C26H28ClN5O4/c1-4-32-25-18(15-31-32)23(29-13-16-8-9-21(35-2)20(27)12-16)19(14-30-25)26(34)28-11-10-17-6-5-7-22(36-3)24(17)33/h5-9,12,14-15,33H,4,10-11,13H2,1-3H3,(H,28,34)(H,29,30). The number of rotatable bonds is 10. The Hall–Kier alpha value is -3.98. The minimum Gasteiger partial charge on any atom is -0.504 e. The van der Waals surface area contributed by atoms with E-state index in [4.69, 9.17) is 21.1 Å². The van der Waals surface area contributed by atoms with E-state index in [1.165, 1.54) is 7.11 Å². The van der Waals surface area contributed by atoms with E-state index in [1.54, 1.807) is 48.5 Å². The van der Waals surface area contributed by atoms with Gasteiger partial charge in [-0.15, -0.1) is 0 Å².